The number of benzene rings is 1. The van der Waals surface area contributed by atoms with E-state index in [9.17, 15) is 0 Å². The van der Waals surface area contributed by atoms with Gasteiger partial charge in [0.1, 0.15) is 0 Å². The van der Waals surface area contributed by atoms with Crippen molar-refractivity contribution in [1.82, 2.24) is 5.32 Å². The summed E-state index contributed by atoms with van der Waals surface area (Å²) in [6.07, 6.45) is 0. The zero-order chi connectivity index (χ0) is 9.84. The van der Waals surface area contributed by atoms with Gasteiger partial charge in [0.05, 0.1) is 17.7 Å². The quantitative estimate of drug-likeness (QED) is 0.839. The number of hydrogen-bond donors (Lipinski definition) is 2. The molecule has 0 fully saturated rings. The molecular formula is C9H11ClINO. The Hall–Kier alpha value is 0.160. The van der Waals surface area contributed by atoms with Crippen LogP contribution in [-0.2, 0) is 0 Å². The van der Waals surface area contributed by atoms with Crippen molar-refractivity contribution in [3.05, 3.63) is 32.4 Å². The lowest BCUT2D eigenvalue weighted by Gasteiger charge is -2.13. The molecule has 1 aromatic carbocycles. The smallest absolute Gasteiger partial charge is 0.0626 e. The molecule has 0 saturated carbocycles. The van der Waals surface area contributed by atoms with E-state index >= 15 is 0 Å². The van der Waals surface area contributed by atoms with Crippen LogP contribution in [0.1, 0.15) is 11.6 Å². The van der Waals surface area contributed by atoms with Crippen LogP contribution >= 0.6 is 34.2 Å². The van der Waals surface area contributed by atoms with Crippen molar-refractivity contribution in [2.75, 3.05) is 13.7 Å². The summed E-state index contributed by atoms with van der Waals surface area (Å²) in [5, 5.41) is 12.8. The van der Waals surface area contributed by atoms with Gasteiger partial charge in [0.25, 0.3) is 0 Å². The van der Waals surface area contributed by atoms with Gasteiger partial charge in [0.15, 0.2) is 0 Å². The molecule has 1 aromatic rings. The van der Waals surface area contributed by atoms with Crippen LogP contribution in [0.4, 0.5) is 0 Å². The van der Waals surface area contributed by atoms with Crippen molar-refractivity contribution in [3.8, 4) is 0 Å². The minimum atomic E-state index is -0.0329. The molecule has 0 spiro atoms. The Kier molecular flexibility index (Phi) is 4.45. The van der Waals surface area contributed by atoms with Crippen molar-refractivity contribution < 1.29 is 5.11 Å². The topological polar surface area (TPSA) is 32.3 Å². The van der Waals surface area contributed by atoms with Gasteiger partial charge in [-0.2, -0.15) is 0 Å². The average molecular weight is 312 g/mol. The van der Waals surface area contributed by atoms with Gasteiger partial charge >= 0.3 is 0 Å². The number of halogens is 2. The van der Waals surface area contributed by atoms with E-state index in [-0.39, 0.29) is 12.6 Å². The third-order valence-corrected chi connectivity index (χ3v) is 3.45. The molecule has 0 radical (unpaired) electrons. The van der Waals surface area contributed by atoms with Gasteiger partial charge in [0, 0.05) is 3.57 Å². The van der Waals surface area contributed by atoms with E-state index in [2.05, 4.69) is 27.9 Å². The molecule has 4 heteroatoms. The maximum Gasteiger partial charge on any atom is 0.0626 e. The molecule has 0 aliphatic carbocycles. The highest BCUT2D eigenvalue weighted by molar-refractivity contribution is 14.1. The van der Waals surface area contributed by atoms with Gasteiger partial charge in [-0.25, -0.2) is 0 Å². The predicted molar refractivity (Wildman–Crippen MR) is 63.1 cm³/mol. The number of hydrogen-bond acceptors (Lipinski definition) is 2. The Morgan fingerprint density at radius 2 is 2.31 bits per heavy atom. The SMILES string of the molecule is CNC(CO)c1ccc(I)c(Cl)c1. The van der Waals surface area contributed by atoms with E-state index in [0.29, 0.717) is 0 Å². The van der Waals surface area contributed by atoms with Crippen molar-refractivity contribution in [2.45, 2.75) is 6.04 Å². The minimum Gasteiger partial charge on any atom is -0.394 e. The van der Waals surface area contributed by atoms with Crippen molar-refractivity contribution >= 4 is 34.2 Å². The molecule has 1 unspecified atom stereocenters. The lowest BCUT2D eigenvalue weighted by Crippen LogP contribution is -2.19. The molecule has 0 saturated heterocycles. The Labute approximate surface area is 96.4 Å². The third-order valence-electron chi connectivity index (χ3n) is 1.88. The van der Waals surface area contributed by atoms with E-state index < -0.39 is 0 Å². The average Bonchev–Trinajstić information content (AvgIpc) is 2.13. The molecule has 0 aliphatic heterocycles. The molecule has 1 atom stereocenters. The number of likely N-dealkylation sites (N-methyl/N-ethyl adjacent to an activating group) is 1. The molecule has 0 amide bonds. The fourth-order valence-corrected chi connectivity index (χ4v) is 1.62. The van der Waals surface area contributed by atoms with Crippen LogP contribution in [0.2, 0.25) is 5.02 Å². The highest BCUT2D eigenvalue weighted by atomic mass is 127. The van der Waals surface area contributed by atoms with Gasteiger partial charge in [-0.3, -0.25) is 0 Å². The van der Waals surface area contributed by atoms with Crippen LogP contribution in [0.3, 0.4) is 0 Å². The first-order valence-electron chi connectivity index (χ1n) is 3.92. The summed E-state index contributed by atoms with van der Waals surface area (Å²) in [4.78, 5) is 0. The van der Waals surface area contributed by atoms with Crippen LogP contribution in [0.5, 0.6) is 0 Å². The Balaban J connectivity index is 2.95. The summed E-state index contributed by atoms with van der Waals surface area (Å²) in [6, 6.07) is 5.75. The summed E-state index contributed by atoms with van der Waals surface area (Å²) in [5.41, 5.74) is 1.01. The standard InChI is InChI=1S/C9H11ClINO/c1-12-9(5-13)6-2-3-8(11)7(10)4-6/h2-4,9,12-13H,5H2,1H3. The van der Waals surface area contributed by atoms with Gasteiger partial charge in [-0.1, -0.05) is 17.7 Å². The molecule has 0 heterocycles. The second-order valence-electron chi connectivity index (χ2n) is 2.70. The van der Waals surface area contributed by atoms with Crippen molar-refractivity contribution in [2.24, 2.45) is 0 Å². The van der Waals surface area contributed by atoms with Crippen molar-refractivity contribution in [3.63, 3.8) is 0 Å². The summed E-state index contributed by atoms with van der Waals surface area (Å²) in [7, 11) is 1.81. The summed E-state index contributed by atoms with van der Waals surface area (Å²) in [5.74, 6) is 0. The number of aliphatic hydroxyl groups excluding tert-OH is 1. The normalized spacial score (nSPS) is 12.9. The third kappa shape index (κ3) is 2.80. The molecule has 13 heavy (non-hydrogen) atoms. The maximum absolute atomic E-state index is 9.03. The minimum absolute atomic E-state index is 0.0329. The van der Waals surface area contributed by atoms with Gasteiger partial charge < -0.3 is 10.4 Å². The lowest BCUT2D eigenvalue weighted by atomic mass is 10.1. The largest absolute Gasteiger partial charge is 0.394 e. The molecule has 2 nitrogen and oxygen atoms in total. The van der Waals surface area contributed by atoms with Crippen LogP contribution in [0.25, 0.3) is 0 Å². The fraction of sp³-hybridized carbons (Fsp3) is 0.333. The first-order chi connectivity index (χ1) is 6.19. The van der Waals surface area contributed by atoms with E-state index in [1.807, 2.05) is 25.2 Å². The van der Waals surface area contributed by atoms with Crippen LogP contribution in [0, 0.1) is 3.57 Å². The van der Waals surface area contributed by atoms with E-state index in [1.165, 1.54) is 0 Å². The first-order valence-corrected chi connectivity index (χ1v) is 5.37. The summed E-state index contributed by atoms with van der Waals surface area (Å²) in [6.45, 7) is 0.0768. The van der Waals surface area contributed by atoms with Crippen LogP contribution in [0.15, 0.2) is 18.2 Å². The highest BCUT2D eigenvalue weighted by Crippen LogP contribution is 2.22. The molecular weight excluding hydrogens is 300 g/mol. The molecule has 2 N–H and O–H groups in total. The second kappa shape index (κ2) is 5.14. The van der Waals surface area contributed by atoms with E-state index in [0.717, 1.165) is 14.2 Å². The van der Waals surface area contributed by atoms with Crippen LogP contribution in [-0.4, -0.2) is 18.8 Å². The Morgan fingerprint density at radius 1 is 1.62 bits per heavy atom. The maximum atomic E-state index is 9.03. The van der Waals surface area contributed by atoms with Gasteiger partial charge in [0.2, 0.25) is 0 Å². The zero-order valence-corrected chi connectivity index (χ0v) is 10.1. The molecule has 0 aliphatic rings. The van der Waals surface area contributed by atoms with Gasteiger partial charge in [-0.15, -0.1) is 0 Å². The first kappa shape index (κ1) is 11.2. The van der Waals surface area contributed by atoms with E-state index in [1.54, 1.807) is 0 Å². The summed E-state index contributed by atoms with van der Waals surface area (Å²) < 4.78 is 1.02. The molecule has 0 aromatic heterocycles. The number of rotatable bonds is 3. The highest BCUT2D eigenvalue weighted by Gasteiger charge is 2.08. The fourth-order valence-electron chi connectivity index (χ4n) is 1.09. The monoisotopic (exact) mass is 311 g/mol. The number of nitrogens with one attached hydrogen (secondary N) is 1. The predicted octanol–water partition coefficient (Wildman–Crippen LogP) is 2.20. The van der Waals surface area contributed by atoms with E-state index in [4.69, 9.17) is 16.7 Å². The number of aliphatic hydroxyl groups is 1. The summed E-state index contributed by atoms with van der Waals surface area (Å²) >= 11 is 8.13. The molecule has 72 valence electrons. The van der Waals surface area contributed by atoms with Crippen molar-refractivity contribution in [1.29, 1.82) is 0 Å². The molecule has 0 bridgehead atoms. The lowest BCUT2D eigenvalue weighted by molar-refractivity contribution is 0.251. The Bertz CT molecular complexity index is 289. The second-order valence-corrected chi connectivity index (χ2v) is 4.27. The zero-order valence-electron chi connectivity index (χ0n) is 7.22. The Morgan fingerprint density at radius 3 is 2.77 bits per heavy atom. The van der Waals surface area contributed by atoms with Crippen LogP contribution < -0.4 is 5.32 Å². The molecule has 1 rings (SSSR count). The van der Waals surface area contributed by atoms with Gasteiger partial charge in [-0.05, 0) is 47.3 Å².